The van der Waals surface area contributed by atoms with Gasteiger partial charge in [0.2, 0.25) is 0 Å². The second-order valence-electron chi connectivity index (χ2n) is 4.86. The van der Waals surface area contributed by atoms with Crippen molar-refractivity contribution in [2.24, 2.45) is 0 Å². The topological polar surface area (TPSA) is 68.6 Å². The molecule has 0 aliphatic rings. The van der Waals surface area contributed by atoms with E-state index in [4.69, 9.17) is 0 Å². The number of aromatic nitrogens is 1. The summed E-state index contributed by atoms with van der Waals surface area (Å²) in [5, 5.41) is 23.1. The molecule has 1 heterocycles. The number of pyridine rings is 1. The van der Waals surface area contributed by atoms with E-state index in [0.29, 0.717) is 5.56 Å². The van der Waals surface area contributed by atoms with Gasteiger partial charge in [0.1, 0.15) is 11.5 Å². The lowest BCUT2D eigenvalue weighted by atomic mass is 10.1. The third-order valence-electron chi connectivity index (χ3n) is 3.14. The number of benzene rings is 1. The largest absolute Gasteiger partial charge is 0.507 e. The van der Waals surface area contributed by atoms with Crippen LogP contribution in [0.25, 0.3) is 0 Å². The van der Waals surface area contributed by atoms with Crippen molar-refractivity contribution in [3.63, 3.8) is 0 Å². The fourth-order valence-corrected chi connectivity index (χ4v) is 2.18. The minimum absolute atomic E-state index is 0.0697. The molecule has 106 valence electrons. The van der Waals surface area contributed by atoms with Crippen molar-refractivity contribution in [3.05, 3.63) is 42.2 Å². The SMILES string of the molecule is CC(Nc1cnccc1N(C)C)c1c(O)cccc1O. The predicted octanol–water partition coefficient (Wildman–Crippen LogP) is 2.73. The summed E-state index contributed by atoms with van der Waals surface area (Å²) in [5.41, 5.74) is 2.30. The van der Waals surface area contributed by atoms with E-state index in [2.05, 4.69) is 10.3 Å². The van der Waals surface area contributed by atoms with Gasteiger partial charge in [-0.2, -0.15) is 0 Å². The van der Waals surface area contributed by atoms with Gasteiger partial charge in [0.05, 0.1) is 29.2 Å². The third-order valence-corrected chi connectivity index (χ3v) is 3.14. The number of aromatic hydroxyl groups is 2. The number of phenolic OH excluding ortho intramolecular Hbond substituents is 2. The Morgan fingerprint density at radius 1 is 1.15 bits per heavy atom. The lowest BCUT2D eigenvalue weighted by Crippen LogP contribution is -2.14. The van der Waals surface area contributed by atoms with Gasteiger partial charge in [-0.1, -0.05) is 6.07 Å². The minimum atomic E-state index is -0.251. The summed E-state index contributed by atoms with van der Waals surface area (Å²) in [6.45, 7) is 1.88. The zero-order valence-corrected chi connectivity index (χ0v) is 11.8. The highest BCUT2D eigenvalue weighted by atomic mass is 16.3. The van der Waals surface area contributed by atoms with Gasteiger partial charge in [-0.3, -0.25) is 4.98 Å². The van der Waals surface area contributed by atoms with Crippen LogP contribution in [0.1, 0.15) is 18.5 Å². The first-order chi connectivity index (χ1) is 9.50. The highest BCUT2D eigenvalue weighted by molar-refractivity contribution is 5.69. The molecule has 1 aromatic heterocycles. The summed E-state index contributed by atoms with van der Waals surface area (Å²) in [6.07, 6.45) is 3.45. The van der Waals surface area contributed by atoms with E-state index < -0.39 is 0 Å². The molecule has 1 unspecified atom stereocenters. The van der Waals surface area contributed by atoms with Crippen molar-refractivity contribution < 1.29 is 10.2 Å². The predicted molar refractivity (Wildman–Crippen MR) is 80.4 cm³/mol. The molecule has 0 saturated heterocycles. The van der Waals surface area contributed by atoms with Crippen LogP contribution in [0.4, 0.5) is 11.4 Å². The minimum Gasteiger partial charge on any atom is -0.507 e. The molecule has 2 rings (SSSR count). The molecule has 5 heteroatoms. The monoisotopic (exact) mass is 273 g/mol. The number of nitrogens with zero attached hydrogens (tertiary/aromatic N) is 2. The summed E-state index contributed by atoms with van der Waals surface area (Å²) < 4.78 is 0. The number of anilines is 2. The van der Waals surface area contributed by atoms with Gasteiger partial charge < -0.3 is 20.4 Å². The maximum absolute atomic E-state index is 9.89. The molecule has 0 bridgehead atoms. The second kappa shape index (κ2) is 5.69. The second-order valence-corrected chi connectivity index (χ2v) is 4.86. The Hall–Kier alpha value is -2.43. The lowest BCUT2D eigenvalue weighted by Gasteiger charge is -2.22. The molecule has 1 aromatic carbocycles. The molecule has 0 fully saturated rings. The van der Waals surface area contributed by atoms with Crippen LogP contribution in [0.5, 0.6) is 11.5 Å². The Bertz CT molecular complexity index is 579. The smallest absolute Gasteiger partial charge is 0.124 e. The number of hydrogen-bond donors (Lipinski definition) is 3. The zero-order valence-electron chi connectivity index (χ0n) is 11.8. The van der Waals surface area contributed by atoms with Crippen LogP contribution in [-0.2, 0) is 0 Å². The zero-order chi connectivity index (χ0) is 14.7. The molecule has 0 aliphatic heterocycles. The summed E-state index contributed by atoms with van der Waals surface area (Å²) in [5.74, 6) is 0.139. The molecular formula is C15H19N3O2. The highest BCUT2D eigenvalue weighted by Crippen LogP contribution is 2.35. The van der Waals surface area contributed by atoms with Crippen LogP contribution < -0.4 is 10.2 Å². The lowest BCUT2D eigenvalue weighted by molar-refractivity contribution is 0.434. The van der Waals surface area contributed by atoms with Crippen molar-refractivity contribution >= 4 is 11.4 Å². The van der Waals surface area contributed by atoms with E-state index in [1.54, 1.807) is 30.6 Å². The Balaban J connectivity index is 2.31. The molecule has 2 aromatic rings. The number of hydrogen-bond acceptors (Lipinski definition) is 5. The van der Waals surface area contributed by atoms with E-state index in [1.165, 1.54) is 0 Å². The normalized spacial score (nSPS) is 11.9. The van der Waals surface area contributed by atoms with Gasteiger partial charge in [0.15, 0.2) is 0 Å². The maximum Gasteiger partial charge on any atom is 0.124 e. The van der Waals surface area contributed by atoms with E-state index in [9.17, 15) is 10.2 Å². The standard InChI is InChI=1S/C15H19N3O2/c1-10(15-13(19)5-4-6-14(15)20)17-11-9-16-8-7-12(11)18(2)3/h4-10,17,19-20H,1-3H3. The molecular weight excluding hydrogens is 254 g/mol. The van der Waals surface area contributed by atoms with Crippen LogP contribution in [0.15, 0.2) is 36.7 Å². The molecule has 3 N–H and O–H groups in total. The van der Waals surface area contributed by atoms with Gasteiger partial charge in [-0.05, 0) is 25.1 Å². The summed E-state index contributed by atoms with van der Waals surface area (Å²) in [7, 11) is 3.89. The summed E-state index contributed by atoms with van der Waals surface area (Å²) in [4.78, 5) is 6.08. The fourth-order valence-electron chi connectivity index (χ4n) is 2.18. The van der Waals surface area contributed by atoms with Crippen LogP contribution in [-0.4, -0.2) is 29.3 Å². The molecule has 1 atom stereocenters. The van der Waals surface area contributed by atoms with Crippen LogP contribution >= 0.6 is 0 Å². The van der Waals surface area contributed by atoms with Gasteiger partial charge >= 0.3 is 0 Å². The number of nitrogens with one attached hydrogen (secondary N) is 1. The van der Waals surface area contributed by atoms with E-state index in [-0.39, 0.29) is 17.5 Å². The number of phenols is 2. The van der Waals surface area contributed by atoms with E-state index in [1.807, 2.05) is 32.0 Å². The maximum atomic E-state index is 9.89. The van der Waals surface area contributed by atoms with Gasteiger partial charge in [0, 0.05) is 20.3 Å². The Morgan fingerprint density at radius 2 is 1.80 bits per heavy atom. The molecule has 5 nitrogen and oxygen atoms in total. The number of rotatable bonds is 4. The third kappa shape index (κ3) is 2.77. The van der Waals surface area contributed by atoms with Crippen molar-refractivity contribution in [1.82, 2.24) is 4.98 Å². The van der Waals surface area contributed by atoms with Gasteiger partial charge in [-0.15, -0.1) is 0 Å². The molecule has 0 amide bonds. The van der Waals surface area contributed by atoms with Gasteiger partial charge in [0.25, 0.3) is 0 Å². The average molecular weight is 273 g/mol. The highest BCUT2D eigenvalue weighted by Gasteiger charge is 2.16. The Kier molecular flexibility index (Phi) is 3.98. The Labute approximate surface area is 118 Å². The molecule has 0 saturated carbocycles. The van der Waals surface area contributed by atoms with Crippen molar-refractivity contribution in [3.8, 4) is 11.5 Å². The van der Waals surface area contributed by atoms with E-state index in [0.717, 1.165) is 11.4 Å². The molecule has 0 aliphatic carbocycles. The molecule has 0 spiro atoms. The first kappa shape index (κ1) is 14.0. The van der Waals surface area contributed by atoms with Crippen molar-refractivity contribution in [2.45, 2.75) is 13.0 Å². The van der Waals surface area contributed by atoms with Crippen LogP contribution in [0, 0.1) is 0 Å². The van der Waals surface area contributed by atoms with Crippen LogP contribution in [0.3, 0.4) is 0 Å². The van der Waals surface area contributed by atoms with E-state index >= 15 is 0 Å². The molecule has 20 heavy (non-hydrogen) atoms. The van der Waals surface area contributed by atoms with Gasteiger partial charge in [-0.25, -0.2) is 0 Å². The first-order valence-corrected chi connectivity index (χ1v) is 6.39. The molecule has 0 radical (unpaired) electrons. The fraction of sp³-hybridized carbons (Fsp3) is 0.267. The Morgan fingerprint density at radius 3 is 2.40 bits per heavy atom. The summed E-state index contributed by atoms with van der Waals surface area (Å²) >= 11 is 0. The van der Waals surface area contributed by atoms with Crippen molar-refractivity contribution in [2.75, 3.05) is 24.3 Å². The average Bonchev–Trinajstić information content (AvgIpc) is 2.38. The summed E-state index contributed by atoms with van der Waals surface area (Å²) in [6, 6.07) is 6.38. The van der Waals surface area contributed by atoms with Crippen LogP contribution in [0.2, 0.25) is 0 Å². The first-order valence-electron chi connectivity index (χ1n) is 6.39. The quantitative estimate of drug-likeness (QED) is 0.799. The van der Waals surface area contributed by atoms with Crippen molar-refractivity contribution in [1.29, 1.82) is 0 Å².